The van der Waals surface area contributed by atoms with E-state index in [4.69, 9.17) is 0 Å². The number of nitrogens with zero attached hydrogens (tertiary/aromatic N) is 2. The average Bonchev–Trinajstić information content (AvgIpc) is 3.07. The quantitative estimate of drug-likeness (QED) is 0.851. The molecule has 1 unspecified atom stereocenters. The lowest BCUT2D eigenvalue weighted by Gasteiger charge is -2.33. The summed E-state index contributed by atoms with van der Waals surface area (Å²) in [4.78, 5) is 13.9. The van der Waals surface area contributed by atoms with Gasteiger partial charge in [0.15, 0.2) is 0 Å². The van der Waals surface area contributed by atoms with Crippen molar-refractivity contribution < 1.29 is 13.6 Å². The summed E-state index contributed by atoms with van der Waals surface area (Å²) in [7, 11) is 0. The molecular weight excluding hydrogens is 337 g/mol. The molecule has 9 heteroatoms. The Hall–Kier alpha value is -0.920. The molecule has 2 N–H and O–H groups in total. The molecule has 2 saturated heterocycles. The lowest BCUT2D eigenvalue weighted by molar-refractivity contribution is -0.134. The van der Waals surface area contributed by atoms with Gasteiger partial charge in [-0.2, -0.15) is 5.10 Å². The van der Waals surface area contributed by atoms with E-state index >= 15 is 0 Å². The summed E-state index contributed by atoms with van der Waals surface area (Å²) in [6, 6.07) is 1.22. The Bertz CT molecular complexity index is 478. The van der Waals surface area contributed by atoms with E-state index < -0.39 is 18.5 Å². The number of hydrogen-bond acceptors (Lipinski definition) is 3. The van der Waals surface area contributed by atoms with Crippen molar-refractivity contribution in [2.45, 2.75) is 37.1 Å². The van der Waals surface area contributed by atoms with Crippen LogP contribution in [0.5, 0.6) is 0 Å². The number of aromatic nitrogens is 2. The molecule has 0 saturated carbocycles. The predicted octanol–water partition coefficient (Wildman–Crippen LogP) is 1.96. The van der Waals surface area contributed by atoms with Gasteiger partial charge in [-0.15, -0.1) is 24.8 Å². The third-order valence-corrected chi connectivity index (χ3v) is 4.18. The summed E-state index contributed by atoms with van der Waals surface area (Å²) >= 11 is 0. The predicted molar refractivity (Wildman–Crippen MR) is 83.0 cm³/mol. The SMILES string of the molecule is Cl.Cl.O=C(C1CC(F)(F)CN1)N1CCC(c2ccn[nH]2)CC1. The van der Waals surface area contributed by atoms with Gasteiger partial charge in [-0.3, -0.25) is 15.2 Å². The average molecular weight is 357 g/mol. The lowest BCUT2D eigenvalue weighted by Crippen LogP contribution is -2.46. The Morgan fingerprint density at radius 3 is 2.50 bits per heavy atom. The monoisotopic (exact) mass is 356 g/mol. The van der Waals surface area contributed by atoms with Crippen molar-refractivity contribution in [3.63, 3.8) is 0 Å². The first-order chi connectivity index (χ1) is 9.55. The summed E-state index contributed by atoms with van der Waals surface area (Å²) in [5, 5.41) is 9.51. The summed E-state index contributed by atoms with van der Waals surface area (Å²) in [5.74, 6) is -2.57. The third kappa shape index (κ3) is 4.08. The smallest absolute Gasteiger partial charge is 0.262 e. The van der Waals surface area contributed by atoms with E-state index in [1.807, 2.05) is 6.07 Å². The number of alkyl halides is 2. The number of carbonyl (C=O) groups is 1. The van der Waals surface area contributed by atoms with E-state index in [-0.39, 0.29) is 37.1 Å². The van der Waals surface area contributed by atoms with Crippen LogP contribution in [0.1, 0.15) is 30.9 Å². The van der Waals surface area contributed by atoms with Gasteiger partial charge in [0.2, 0.25) is 5.91 Å². The molecule has 1 aromatic heterocycles. The summed E-state index contributed by atoms with van der Waals surface area (Å²) in [6.07, 6.45) is 3.03. The molecule has 2 fully saturated rings. The molecule has 0 radical (unpaired) electrons. The molecule has 22 heavy (non-hydrogen) atoms. The first-order valence-corrected chi connectivity index (χ1v) is 6.94. The van der Waals surface area contributed by atoms with Crippen molar-refractivity contribution >= 4 is 30.7 Å². The van der Waals surface area contributed by atoms with Gasteiger partial charge in [-0.25, -0.2) is 8.78 Å². The fourth-order valence-electron chi connectivity index (χ4n) is 3.02. The first-order valence-electron chi connectivity index (χ1n) is 6.94. The van der Waals surface area contributed by atoms with Crippen molar-refractivity contribution in [2.75, 3.05) is 19.6 Å². The second-order valence-corrected chi connectivity index (χ2v) is 5.61. The number of aromatic amines is 1. The number of rotatable bonds is 2. The van der Waals surface area contributed by atoms with Crippen LogP contribution in [0.4, 0.5) is 8.78 Å². The van der Waals surface area contributed by atoms with E-state index in [9.17, 15) is 13.6 Å². The largest absolute Gasteiger partial charge is 0.341 e. The maximum Gasteiger partial charge on any atom is 0.262 e. The van der Waals surface area contributed by atoms with Gasteiger partial charge in [0.25, 0.3) is 5.92 Å². The Morgan fingerprint density at radius 1 is 1.32 bits per heavy atom. The number of halogens is 4. The van der Waals surface area contributed by atoms with Gasteiger partial charge < -0.3 is 4.90 Å². The highest BCUT2D eigenvalue weighted by Crippen LogP contribution is 2.29. The van der Waals surface area contributed by atoms with E-state index in [1.54, 1.807) is 11.1 Å². The molecule has 0 spiro atoms. The highest BCUT2D eigenvalue weighted by molar-refractivity contribution is 5.85. The van der Waals surface area contributed by atoms with Crippen LogP contribution in [0.15, 0.2) is 12.3 Å². The first kappa shape index (κ1) is 19.1. The molecule has 1 amide bonds. The molecule has 0 bridgehead atoms. The Kier molecular flexibility index (Phi) is 6.58. The van der Waals surface area contributed by atoms with E-state index in [0.29, 0.717) is 19.0 Å². The molecular formula is C13H20Cl2F2N4O. The highest BCUT2D eigenvalue weighted by atomic mass is 35.5. The summed E-state index contributed by atoms with van der Waals surface area (Å²) < 4.78 is 26.3. The fraction of sp³-hybridized carbons (Fsp3) is 0.692. The third-order valence-electron chi connectivity index (χ3n) is 4.18. The van der Waals surface area contributed by atoms with Crippen molar-refractivity contribution in [3.05, 3.63) is 18.0 Å². The zero-order chi connectivity index (χ0) is 14.2. The molecule has 1 aromatic rings. The Balaban J connectivity index is 0.00000121. The topological polar surface area (TPSA) is 61.0 Å². The van der Waals surface area contributed by atoms with Crippen LogP contribution in [0.2, 0.25) is 0 Å². The van der Waals surface area contributed by atoms with Crippen LogP contribution in [0.3, 0.4) is 0 Å². The Labute approximate surface area is 140 Å². The normalized spacial score (nSPS) is 24.5. The maximum atomic E-state index is 13.1. The van der Waals surface area contributed by atoms with Crippen molar-refractivity contribution in [1.29, 1.82) is 0 Å². The second-order valence-electron chi connectivity index (χ2n) is 5.61. The van der Waals surface area contributed by atoms with Gasteiger partial charge in [-0.05, 0) is 18.9 Å². The molecule has 0 aromatic carbocycles. The minimum atomic E-state index is -2.76. The van der Waals surface area contributed by atoms with Crippen molar-refractivity contribution in [3.8, 4) is 0 Å². The van der Waals surface area contributed by atoms with E-state index in [0.717, 1.165) is 18.5 Å². The van der Waals surface area contributed by atoms with Gasteiger partial charge in [-0.1, -0.05) is 0 Å². The van der Waals surface area contributed by atoms with Gasteiger partial charge in [0.05, 0.1) is 12.6 Å². The van der Waals surface area contributed by atoms with Crippen LogP contribution < -0.4 is 5.32 Å². The summed E-state index contributed by atoms with van der Waals surface area (Å²) in [5.41, 5.74) is 1.09. The van der Waals surface area contributed by atoms with Crippen LogP contribution in [0, 0.1) is 0 Å². The number of carbonyl (C=O) groups excluding carboxylic acids is 1. The number of H-pyrrole nitrogens is 1. The minimum Gasteiger partial charge on any atom is -0.341 e. The van der Waals surface area contributed by atoms with Gasteiger partial charge in [0.1, 0.15) is 0 Å². The zero-order valence-electron chi connectivity index (χ0n) is 11.9. The number of likely N-dealkylation sites (tertiary alicyclic amines) is 1. The lowest BCUT2D eigenvalue weighted by atomic mass is 9.93. The van der Waals surface area contributed by atoms with E-state index in [1.165, 1.54) is 0 Å². The highest BCUT2D eigenvalue weighted by Gasteiger charge is 2.43. The Morgan fingerprint density at radius 2 is 2.00 bits per heavy atom. The number of nitrogens with one attached hydrogen (secondary N) is 2. The second kappa shape index (κ2) is 7.57. The molecule has 3 rings (SSSR count). The molecule has 126 valence electrons. The van der Waals surface area contributed by atoms with E-state index in [2.05, 4.69) is 15.5 Å². The van der Waals surface area contributed by atoms with Gasteiger partial charge in [0, 0.05) is 37.3 Å². The van der Waals surface area contributed by atoms with Crippen molar-refractivity contribution in [2.24, 2.45) is 0 Å². The fourth-order valence-corrected chi connectivity index (χ4v) is 3.02. The van der Waals surface area contributed by atoms with Crippen molar-refractivity contribution in [1.82, 2.24) is 20.4 Å². The molecule has 2 aliphatic heterocycles. The van der Waals surface area contributed by atoms with Crippen LogP contribution in [-0.4, -0.2) is 52.6 Å². The molecule has 5 nitrogen and oxygen atoms in total. The number of hydrogen-bond donors (Lipinski definition) is 2. The van der Waals surface area contributed by atoms with Crippen LogP contribution in [0.25, 0.3) is 0 Å². The molecule has 1 atom stereocenters. The standard InChI is InChI=1S/C13H18F2N4O.2ClH/c14-13(15)7-11(16-8-13)12(20)19-5-2-9(3-6-19)10-1-4-17-18-10;;/h1,4,9,11,16H,2-3,5-8H2,(H,17,18);2*1H. The van der Waals surface area contributed by atoms with Crippen LogP contribution in [-0.2, 0) is 4.79 Å². The molecule has 0 aliphatic carbocycles. The van der Waals surface area contributed by atoms with Gasteiger partial charge >= 0.3 is 0 Å². The van der Waals surface area contributed by atoms with Crippen LogP contribution >= 0.6 is 24.8 Å². The molecule has 3 heterocycles. The molecule has 2 aliphatic rings. The minimum absolute atomic E-state index is 0. The maximum absolute atomic E-state index is 13.1. The number of piperidine rings is 1. The zero-order valence-corrected chi connectivity index (χ0v) is 13.6. The number of amides is 1. The summed E-state index contributed by atoms with van der Waals surface area (Å²) in [6.45, 7) is 0.840.